The molecule has 2 rings (SSSR count). The van der Waals surface area contributed by atoms with Crippen molar-refractivity contribution in [3.8, 4) is 0 Å². The lowest BCUT2D eigenvalue weighted by Crippen LogP contribution is -2.09. The molecule has 98 valence electrons. The van der Waals surface area contributed by atoms with Gasteiger partial charge in [0.2, 0.25) is 0 Å². The van der Waals surface area contributed by atoms with Crippen molar-refractivity contribution in [3.05, 3.63) is 58.9 Å². The van der Waals surface area contributed by atoms with Crippen LogP contribution in [0.25, 0.3) is 0 Å². The molecule has 2 aromatic rings. The molecule has 0 aliphatic rings. The second-order valence-electron chi connectivity index (χ2n) is 3.99. The number of halogens is 1. The first-order chi connectivity index (χ1) is 9.16. The van der Waals surface area contributed by atoms with E-state index < -0.39 is 5.97 Å². The molecule has 0 radical (unpaired) electrons. The van der Waals surface area contributed by atoms with Gasteiger partial charge in [0, 0.05) is 24.5 Å². The van der Waals surface area contributed by atoms with Gasteiger partial charge in [-0.3, -0.25) is 4.98 Å². The van der Waals surface area contributed by atoms with Gasteiger partial charge in [0.15, 0.2) is 0 Å². The van der Waals surface area contributed by atoms with Gasteiger partial charge in [-0.1, -0.05) is 17.7 Å². The number of esters is 1. The molecule has 0 saturated heterocycles. The van der Waals surface area contributed by atoms with Crippen molar-refractivity contribution < 1.29 is 9.53 Å². The molecule has 0 bridgehead atoms. The maximum Gasteiger partial charge on any atom is 0.339 e. The summed E-state index contributed by atoms with van der Waals surface area (Å²) >= 11 is 5.93. The van der Waals surface area contributed by atoms with E-state index in [9.17, 15) is 4.79 Å². The van der Waals surface area contributed by atoms with Gasteiger partial charge in [0.25, 0.3) is 0 Å². The molecule has 0 amide bonds. The van der Waals surface area contributed by atoms with Crippen LogP contribution in [0.1, 0.15) is 15.9 Å². The monoisotopic (exact) mass is 276 g/mol. The number of carbonyl (C=O) groups is 1. The normalized spacial score (nSPS) is 10.2. The van der Waals surface area contributed by atoms with Crippen molar-refractivity contribution in [1.29, 1.82) is 0 Å². The Kier molecular flexibility index (Phi) is 4.36. The van der Waals surface area contributed by atoms with Crippen LogP contribution >= 0.6 is 11.6 Å². The number of nitrogens with zero attached hydrogens (tertiary/aromatic N) is 1. The van der Waals surface area contributed by atoms with Gasteiger partial charge in [-0.25, -0.2) is 4.79 Å². The van der Waals surface area contributed by atoms with E-state index in [1.165, 1.54) is 6.07 Å². The Morgan fingerprint density at radius 3 is 2.89 bits per heavy atom. The van der Waals surface area contributed by atoms with Crippen LogP contribution in [-0.2, 0) is 11.2 Å². The highest BCUT2D eigenvalue weighted by Crippen LogP contribution is 2.19. The van der Waals surface area contributed by atoms with E-state index in [0.29, 0.717) is 22.7 Å². The number of carbonyl (C=O) groups excluding carboxylic acids is 1. The molecule has 1 aromatic carbocycles. The minimum atomic E-state index is -0.450. The number of nitrogens with two attached hydrogens (primary N) is 1. The van der Waals surface area contributed by atoms with Gasteiger partial charge in [0.05, 0.1) is 17.2 Å². The van der Waals surface area contributed by atoms with Crippen LogP contribution in [0.5, 0.6) is 0 Å². The highest BCUT2D eigenvalue weighted by Gasteiger charge is 2.11. The molecular formula is C14H13ClN2O2. The van der Waals surface area contributed by atoms with E-state index in [4.69, 9.17) is 22.1 Å². The van der Waals surface area contributed by atoms with Crippen LogP contribution in [0.3, 0.4) is 0 Å². The topological polar surface area (TPSA) is 65.2 Å². The molecule has 0 spiro atoms. The number of ether oxygens (including phenoxy) is 1. The summed E-state index contributed by atoms with van der Waals surface area (Å²) in [5.74, 6) is -0.450. The summed E-state index contributed by atoms with van der Waals surface area (Å²) in [5, 5.41) is 0.298. The van der Waals surface area contributed by atoms with E-state index >= 15 is 0 Å². The quantitative estimate of drug-likeness (QED) is 0.689. The predicted molar refractivity (Wildman–Crippen MR) is 74.1 cm³/mol. The summed E-state index contributed by atoms with van der Waals surface area (Å²) in [5.41, 5.74) is 7.41. The molecule has 1 heterocycles. The Labute approximate surface area is 116 Å². The molecule has 0 saturated carbocycles. The van der Waals surface area contributed by atoms with Crippen molar-refractivity contribution in [2.45, 2.75) is 6.42 Å². The Hall–Kier alpha value is -2.07. The lowest BCUT2D eigenvalue weighted by atomic mass is 10.2. The first-order valence-corrected chi connectivity index (χ1v) is 6.15. The third kappa shape index (κ3) is 3.69. The third-order valence-electron chi connectivity index (χ3n) is 2.56. The molecule has 2 N–H and O–H groups in total. The Morgan fingerprint density at radius 1 is 1.37 bits per heavy atom. The van der Waals surface area contributed by atoms with Crippen molar-refractivity contribution in [2.24, 2.45) is 0 Å². The summed E-state index contributed by atoms with van der Waals surface area (Å²) in [6, 6.07) is 8.47. The first-order valence-electron chi connectivity index (χ1n) is 5.78. The largest absolute Gasteiger partial charge is 0.462 e. The molecule has 0 atom stereocenters. The Bertz CT molecular complexity index is 573. The Balaban J connectivity index is 1.91. The first kappa shape index (κ1) is 13.4. The highest BCUT2D eigenvalue weighted by molar-refractivity contribution is 6.33. The molecule has 0 aliphatic carbocycles. The molecule has 0 aliphatic heterocycles. The number of aromatic nitrogens is 1. The number of pyridine rings is 1. The molecule has 0 unspecified atom stereocenters. The van der Waals surface area contributed by atoms with Gasteiger partial charge >= 0.3 is 5.97 Å². The van der Waals surface area contributed by atoms with Gasteiger partial charge in [-0.2, -0.15) is 0 Å². The summed E-state index contributed by atoms with van der Waals surface area (Å²) in [6.45, 7) is 0.283. The molecular weight excluding hydrogens is 264 g/mol. The van der Waals surface area contributed by atoms with Gasteiger partial charge in [-0.05, 0) is 29.8 Å². The second kappa shape index (κ2) is 6.20. The minimum Gasteiger partial charge on any atom is -0.462 e. The molecule has 4 nitrogen and oxygen atoms in total. The predicted octanol–water partition coefficient (Wildman–Crippen LogP) is 2.72. The zero-order valence-electron chi connectivity index (χ0n) is 10.2. The molecule has 5 heteroatoms. The number of hydrogen-bond acceptors (Lipinski definition) is 4. The smallest absolute Gasteiger partial charge is 0.339 e. The minimum absolute atomic E-state index is 0.283. The zero-order chi connectivity index (χ0) is 13.7. The standard InChI is InChI=1S/C14H13ClN2O2/c15-13-8-11(16)3-4-12(13)14(18)19-7-5-10-2-1-6-17-9-10/h1-4,6,8-9H,5,7,16H2. The zero-order valence-corrected chi connectivity index (χ0v) is 10.9. The lowest BCUT2D eigenvalue weighted by molar-refractivity contribution is 0.0509. The van der Waals surface area contributed by atoms with Crippen LogP contribution in [0.2, 0.25) is 5.02 Å². The van der Waals surface area contributed by atoms with E-state index in [-0.39, 0.29) is 6.61 Å². The molecule has 0 fully saturated rings. The Morgan fingerprint density at radius 2 is 2.21 bits per heavy atom. The molecule has 19 heavy (non-hydrogen) atoms. The molecule has 1 aromatic heterocycles. The summed E-state index contributed by atoms with van der Waals surface area (Å²) < 4.78 is 5.16. The van der Waals surface area contributed by atoms with Crippen molar-refractivity contribution >= 4 is 23.3 Å². The second-order valence-corrected chi connectivity index (χ2v) is 4.39. The number of nitrogen functional groups attached to an aromatic ring is 1. The lowest BCUT2D eigenvalue weighted by Gasteiger charge is -2.06. The average Bonchev–Trinajstić information content (AvgIpc) is 2.39. The van der Waals surface area contributed by atoms with Crippen molar-refractivity contribution in [2.75, 3.05) is 12.3 Å². The van der Waals surface area contributed by atoms with Gasteiger partial charge < -0.3 is 10.5 Å². The van der Waals surface area contributed by atoms with Crippen molar-refractivity contribution in [1.82, 2.24) is 4.98 Å². The SMILES string of the molecule is Nc1ccc(C(=O)OCCc2cccnc2)c(Cl)c1. The van der Waals surface area contributed by atoms with E-state index in [1.54, 1.807) is 24.5 Å². The van der Waals surface area contributed by atoms with E-state index in [2.05, 4.69) is 4.98 Å². The summed E-state index contributed by atoms with van der Waals surface area (Å²) in [4.78, 5) is 15.8. The van der Waals surface area contributed by atoms with E-state index in [1.807, 2.05) is 12.1 Å². The highest BCUT2D eigenvalue weighted by atomic mass is 35.5. The maximum atomic E-state index is 11.8. The van der Waals surface area contributed by atoms with Crippen molar-refractivity contribution in [3.63, 3.8) is 0 Å². The van der Waals surface area contributed by atoms with Crippen LogP contribution in [0.4, 0.5) is 5.69 Å². The number of rotatable bonds is 4. The van der Waals surface area contributed by atoms with Crippen LogP contribution in [0.15, 0.2) is 42.7 Å². The third-order valence-corrected chi connectivity index (χ3v) is 2.87. The van der Waals surface area contributed by atoms with Crippen LogP contribution in [-0.4, -0.2) is 17.6 Å². The number of anilines is 1. The van der Waals surface area contributed by atoms with Gasteiger partial charge in [-0.15, -0.1) is 0 Å². The van der Waals surface area contributed by atoms with Crippen LogP contribution < -0.4 is 5.73 Å². The summed E-state index contributed by atoms with van der Waals surface area (Å²) in [7, 11) is 0. The van der Waals surface area contributed by atoms with Gasteiger partial charge in [0.1, 0.15) is 0 Å². The summed E-state index contributed by atoms with van der Waals surface area (Å²) in [6.07, 6.45) is 4.06. The number of hydrogen-bond donors (Lipinski definition) is 1. The average molecular weight is 277 g/mol. The fourth-order valence-electron chi connectivity index (χ4n) is 1.58. The van der Waals surface area contributed by atoms with Crippen LogP contribution in [0, 0.1) is 0 Å². The van der Waals surface area contributed by atoms with E-state index in [0.717, 1.165) is 5.56 Å². The maximum absolute atomic E-state index is 11.8. The fraction of sp³-hybridized carbons (Fsp3) is 0.143. The number of benzene rings is 1. The fourth-order valence-corrected chi connectivity index (χ4v) is 1.85.